The van der Waals surface area contributed by atoms with Crippen LogP contribution in [0.4, 0.5) is 11.6 Å². The van der Waals surface area contributed by atoms with Gasteiger partial charge in [0.2, 0.25) is 0 Å². The Kier molecular flexibility index (Phi) is 3.25. The van der Waals surface area contributed by atoms with Gasteiger partial charge in [-0.15, -0.1) is 0 Å². The van der Waals surface area contributed by atoms with Gasteiger partial charge in [0, 0.05) is 25.5 Å². The van der Waals surface area contributed by atoms with E-state index in [-0.39, 0.29) is 0 Å². The number of aromatic nitrogens is 3. The zero-order chi connectivity index (χ0) is 13.2. The van der Waals surface area contributed by atoms with Gasteiger partial charge in [0.25, 0.3) is 0 Å². The van der Waals surface area contributed by atoms with E-state index < -0.39 is 0 Å². The maximum absolute atomic E-state index is 5.50. The van der Waals surface area contributed by atoms with Gasteiger partial charge in [-0.3, -0.25) is 0 Å². The van der Waals surface area contributed by atoms with Gasteiger partial charge in [0.15, 0.2) is 17.3 Å². The average Bonchev–Trinajstić information content (AvgIpc) is 3.11. The molecular formula is C13H20N6. The minimum atomic E-state index is 0.664. The monoisotopic (exact) mass is 260 g/mol. The number of imidazole rings is 1. The van der Waals surface area contributed by atoms with E-state index in [1.807, 2.05) is 16.8 Å². The molecule has 1 aliphatic carbocycles. The molecule has 102 valence electrons. The normalized spacial score (nSPS) is 14.8. The third kappa shape index (κ3) is 2.49. The molecule has 1 saturated carbocycles. The van der Waals surface area contributed by atoms with Crippen LogP contribution in [0.25, 0.3) is 5.65 Å². The van der Waals surface area contributed by atoms with Crippen LogP contribution in [0.3, 0.4) is 0 Å². The van der Waals surface area contributed by atoms with Crippen molar-refractivity contribution in [1.82, 2.24) is 14.4 Å². The molecule has 0 aromatic carbocycles. The van der Waals surface area contributed by atoms with Crippen molar-refractivity contribution in [3.63, 3.8) is 0 Å². The molecule has 6 nitrogen and oxygen atoms in total. The van der Waals surface area contributed by atoms with Gasteiger partial charge < -0.3 is 14.7 Å². The zero-order valence-corrected chi connectivity index (χ0v) is 11.2. The van der Waals surface area contributed by atoms with Crippen LogP contribution >= 0.6 is 0 Å². The highest BCUT2D eigenvalue weighted by Gasteiger charge is 2.26. The van der Waals surface area contributed by atoms with Crippen LogP contribution < -0.4 is 16.2 Å². The summed E-state index contributed by atoms with van der Waals surface area (Å²) in [6, 6.07) is 0. The second kappa shape index (κ2) is 5.05. The van der Waals surface area contributed by atoms with E-state index >= 15 is 0 Å². The van der Waals surface area contributed by atoms with E-state index in [2.05, 4.69) is 27.2 Å². The highest BCUT2D eigenvalue weighted by molar-refractivity contribution is 5.66. The number of nitrogens with one attached hydrogen (secondary N) is 1. The molecule has 0 unspecified atom stereocenters. The fourth-order valence-electron chi connectivity index (χ4n) is 2.36. The molecule has 3 rings (SSSR count). The highest BCUT2D eigenvalue weighted by Crippen LogP contribution is 2.32. The molecule has 0 atom stereocenters. The molecule has 3 N–H and O–H groups in total. The maximum atomic E-state index is 5.50. The van der Waals surface area contributed by atoms with Crippen molar-refractivity contribution in [3.05, 3.63) is 18.6 Å². The molecule has 0 bridgehead atoms. The smallest absolute Gasteiger partial charge is 0.180 e. The Morgan fingerprint density at radius 1 is 1.53 bits per heavy atom. The number of nitrogens with zero attached hydrogens (tertiary/aromatic N) is 4. The Morgan fingerprint density at radius 2 is 2.37 bits per heavy atom. The van der Waals surface area contributed by atoms with Crippen molar-refractivity contribution in [2.24, 2.45) is 11.8 Å². The summed E-state index contributed by atoms with van der Waals surface area (Å²) < 4.78 is 1.97. The number of fused-ring (bicyclic) bond motifs is 1. The number of rotatable bonds is 6. The van der Waals surface area contributed by atoms with Crippen LogP contribution in [-0.2, 0) is 0 Å². The van der Waals surface area contributed by atoms with Crippen molar-refractivity contribution >= 4 is 17.3 Å². The van der Waals surface area contributed by atoms with Crippen molar-refractivity contribution in [1.29, 1.82) is 0 Å². The first-order valence-corrected chi connectivity index (χ1v) is 6.87. The average molecular weight is 260 g/mol. The predicted molar refractivity (Wildman–Crippen MR) is 76.0 cm³/mol. The minimum Gasteiger partial charge on any atom is -0.353 e. The number of hydrogen-bond acceptors (Lipinski definition) is 5. The first-order valence-electron chi connectivity index (χ1n) is 6.87. The Morgan fingerprint density at radius 3 is 3.05 bits per heavy atom. The van der Waals surface area contributed by atoms with Gasteiger partial charge in [0.1, 0.15) is 0 Å². The summed E-state index contributed by atoms with van der Waals surface area (Å²) in [7, 11) is 0. The van der Waals surface area contributed by atoms with Crippen LogP contribution in [0.5, 0.6) is 0 Å². The molecular weight excluding hydrogens is 240 g/mol. The van der Waals surface area contributed by atoms with Crippen molar-refractivity contribution in [3.8, 4) is 0 Å². The fourth-order valence-corrected chi connectivity index (χ4v) is 2.36. The molecule has 0 radical (unpaired) electrons. The predicted octanol–water partition coefficient (Wildman–Crippen LogP) is 1.64. The zero-order valence-electron chi connectivity index (χ0n) is 11.2. The number of hydrazine groups is 1. The molecule has 0 spiro atoms. The number of anilines is 2. The molecule has 6 heteroatoms. The number of hydrogen-bond donors (Lipinski definition) is 2. The lowest BCUT2D eigenvalue weighted by Gasteiger charge is -2.24. The van der Waals surface area contributed by atoms with Gasteiger partial charge in [-0.25, -0.2) is 15.8 Å². The minimum absolute atomic E-state index is 0.664. The summed E-state index contributed by atoms with van der Waals surface area (Å²) in [6.45, 7) is 4.26. The first-order chi connectivity index (χ1) is 9.31. The summed E-state index contributed by atoms with van der Waals surface area (Å²) in [5.74, 6) is 7.91. The number of nitrogen functional groups attached to an aromatic ring is 1. The molecule has 2 heterocycles. The topological polar surface area (TPSA) is 71.5 Å². The first kappa shape index (κ1) is 12.2. The van der Waals surface area contributed by atoms with Crippen LogP contribution in [0.15, 0.2) is 18.6 Å². The SMILES string of the molecule is CCCN(CC1CC1)c1nc(NN)cn2ccnc12. The van der Waals surface area contributed by atoms with Gasteiger partial charge >= 0.3 is 0 Å². The highest BCUT2D eigenvalue weighted by atomic mass is 15.3. The van der Waals surface area contributed by atoms with Crippen molar-refractivity contribution < 1.29 is 0 Å². The Bertz CT molecular complexity index is 559. The largest absolute Gasteiger partial charge is 0.353 e. The quantitative estimate of drug-likeness (QED) is 0.610. The lowest BCUT2D eigenvalue weighted by Crippen LogP contribution is -2.28. The Labute approximate surface area is 112 Å². The molecule has 2 aromatic rings. The van der Waals surface area contributed by atoms with Gasteiger partial charge in [-0.1, -0.05) is 6.92 Å². The second-order valence-corrected chi connectivity index (χ2v) is 5.14. The summed E-state index contributed by atoms with van der Waals surface area (Å²) in [5, 5.41) is 0. The molecule has 0 amide bonds. The lowest BCUT2D eigenvalue weighted by molar-refractivity contribution is 0.699. The van der Waals surface area contributed by atoms with E-state index in [1.54, 1.807) is 6.20 Å². The molecule has 19 heavy (non-hydrogen) atoms. The fraction of sp³-hybridized carbons (Fsp3) is 0.538. The second-order valence-electron chi connectivity index (χ2n) is 5.14. The van der Waals surface area contributed by atoms with E-state index in [1.165, 1.54) is 12.8 Å². The van der Waals surface area contributed by atoms with Crippen molar-refractivity contribution in [2.75, 3.05) is 23.4 Å². The van der Waals surface area contributed by atoms with E-state index in [4.69, 9.17) is 5.84 Å². The van der Waals surface area contributed by atoms with Crippen LogP contribution in [0.2, 0.25) is 0 Å². The van der Waals surface area contributed by atoms with E-state index in [0.717, 1.165) is 36.9 Å². The van der Waals surface area contributed by atoms with E-state index in [9.17, 15) is 0 Å². The third-order valence-electron chi connectivity index (χ3n) is 3.47. The summed E-state index contributed by atoms with van der Waals surface area (Å²) in [6.07, 6.45) is 9.33. The van der Waals surface area contributed by atoms with Gasteiger partial charge in [0.05, 0.1) is 6.20 Å². The summed E-state index contributed by atoms with van der Waals surface area (Å²) in [5.41, 5.74) is 3.53. The lowest BCUT2D eigenvalue weighted by atomic mass is 10.3. The van der Waals surface area contributed by atoms with Gasteiger partial charge in [-0.2, -0.15) is 0 Å². The van der Waals surface area contributed by atoms with E-state index in [0.29, 0.717) is 5.82 Å². The summed E-state index contributed by atoms with van der Waals surface area (Å²) >= 11 is 0. The maximum Gasteiger partial charge on any atom is 0.180 e. The van der Waals surface area contributed by atoms with Crippen LogP contribution in [0.1, 0.15) is 26.2 Å². The Hall–Kier alpha value is -1.82. The Balaban J connectivity index is 2.00. The molecule has 0 saturated heterocycles. The third-order valence-corrected chi connectivity index (χ3v) is 3.47. The summed E-state index contributed by atoms with van der Waals surface area (Å²) in [4.78, 5) is 11.3. The van der Waals surface area contributed by atoms with Crippen LogP contribution in [0, 0.1) is 5.92 Å². The number of nitrogens with two attached hydrogens (primary N) is 1. The molecule has 2 aromatic heterocycles. The molecule has 0 aliphatic heterocycles. The van der Waals surface area contributed by atoms with Gasteiger partial charge in [-0.05, 0) is 25.2 Å². The standard InChI is InChI=1S/C13H20N6/c1-2-6-18(8-10-3-4-10)13-12-15-5-7-19(12)9-11(16-13)17-14/h5,7,9-10,17H,2-4,6,8,14H2,1H3. The molecule has 1 fully saturated rings. The molecule has 1 aliphatic rings. The van der Waals surface area contributed by atoms with Crippen molar-refractivity contribution in [2.45, 2.75) is 26.2 Å². The van der Waals surface area contributed by atoms with Crippen LogP contribution in [-0.4, -0.2) is 27.5 Å².